The lowest BCUT2D eigenvalue weighted by molar-refractivity contribution is 0.680. The topological polar surface area (TPSA) is 70.9 Å². The van der Waals surface area contributed by atoms with Gasteiger partial charge in [-0.1, -0.05) is 47.5 Å². The summed E-state index contributed by atoms with van der Waals surface area (Å²) in [6.45, 7) is 2.45. The number of nitrogens with zero attached hydrogens (tertiary/aromatic N) is 4. The summed E-state index contributed by atoms with van der Waals surface area (Å²) in [5, 5.41) is 9.96. The zero-order valence-electron chi connectivity index (χ0n) is 14.4. The maximum Gasteiger partial charge on any atom is 0.222 e. The molecule has 4 aromatic rings. The van der Waals surface area contributed by atoms with Crippen LogP contribution in [0, 0.1) is 6.92 Å². The summed E-state index contributed by atoms with van der Waals surface area (Å²) in [7, 11) is 0. The summed E-state index contributed by atoms with van der Waals surface area (Å²) in [6, 6.07) is 15.4. The van der Waals surface area contributed by atoms with E-state index >= 15 is 0 Å². The van der Waals surface area contributed by atoms with Crippen LogP contribution in [-0.4, -0.2) is 26.0 Å². The van der Waals surface area contributed by atoms with Gasteiger partial charge in [-0.25, -0.2) is 15.1 Å². The van der Waals surface area contributed by atoms with Crippen LogP contribution in [0.1, 0.15) is 16.8 Å². The third-order valence-electron chi connectivity index (χ3n) is 4.11. The van der Waals surface area contributed by atoms with Gasteiger partial charge in [-0.3, -0.25) is 0 Å². The first-order valence-corrected chi connectivity index (χ1v) is 9.07. The number of imidazole rings is 1. The Morgan fingerprint density at radius 1 is 1.15 bits per heavy atom. The van der Waals surface area contributed by atoms with Gasteiger partial charge in [0.1, 0.15) is 5.15 Å². The molecular formula is C19H16Cl2N6. The van der Waals surface area contributed by atoms with E-state index in [9.17, 15) is 0 Å². The van der Waals surface area contributed by atoms with Crippen LogP contribution < -0.4 is 5.43 Å². The van der Waals surface area contributed by atoms with Crippen LogP contribution in [0.5, 0.6) is 0 Å². The molecule has 0 bridgehead atoms. The molecule has 0 aliphatic heterocycles. The van der Waals surface area contributed by atoms with E-state index in [1.54, 1.807) is 10.9 Å². The molecule has 2 heterocycles. The van der Waals surface area contributed by atoms with E-state index in [-0.39, 0.29) is 0 Å². The Morgan fingerprint density at radius 3 is 2.70 bits per heavy atom. The van der Waals surface area contributed by atoms with Gasteiger partial charge < -0.3 is 4.98 Å². The van der Waals surface area contributed by atoms with Crippen molar-refractivity contribution in [2.75, 3.05) is 5.43 Å². The van der Waals surface area contributed by atoms with Crippen molar-refractivity contribution in [3.63, 3.8) is 0 Å². The maximum atomic E-state index is 6.49. The Labute approximate surface area is 165 Å². The fraction of sp³-hybridized carbons (Fsp3) is 0.105. The van der Waals surface area contributed by atoms with Gasteiger partial charge in [-0.05, 0) is 36.8 Å². The van der Waals surface area contributed by atoms with E-state index in [1.165, 1.54) is 0 Å². The summed E-state index contributed by atoms with van der Waals surface area (Å²) in [4.78, 5) is 7.56. The van der Waals surface area contributed by atoms with Gasteiger partial charge in [0.15, 0.2) is 0 Å². The Balaban J connectivity index is 1.50. The average Bonchev–Trinajstić information content (AvgIpc) is 3.19. The van der Waals surface area contributed by atoms with Crippen molar-refractivity contribution in [2.45, 2.75) is 13.5 Å². The fourth-order valence-corrected chi connectivity index (χ4v) is 3.15. The third kappa shape index (κ3) is 3.82. The Kier molecular flexibility index (Phi) is 4.83. The van der Waals surface area contributed by atoms with Gasteiger partial charge in [0, 0.05) is 5.02 Å². The molecule has 0 spiro atoms. The second kappa shape index (κ2) is 7.42. The molecule has 0 aliphatic carbocycles. The molecule has 6 nitrogen and oxygen atoms in total. The first-order chi connectivity index (χ1) is 13.1. The zero-order valence-corrected chi connectivity index (χ0v) is 16.0. The number of para-hydroxylation sites is 2. The second-order valence-electron chi connectivity index (χ2n) is 6.05. The summed E-state index contributed by atoms with van der Waals surface area (Å²) >= 11 is 12.4. The summed E-state index contributed by atoms with van der Waals surface area (Å²) in [5.41, 5.74) is 7.33. The van der Waals surface area contributed by atoms with Crippen molar-refractivity contribution in [3.05, 3.63) is 75.5 Å². The van der Waals surface area contributed by atoms with Crippen LogP contribution in [0.4, 0.5) is 5.95 Å². The number of aryl methyl sites for hydroxylation is 1. The first kappa shape index (κ1) is 17.6. The van der Waals surface area contributed by atoms with Crippen LogP contribution in [0.25, 0.3) is 11.0 Å². The number of hydrazone groups is 1. The predicted octanol–water partition coefficient (Wildman–Crippen LogP) is 4.87. The van der Waals surface area contributed by atoms with Crippen molar-refractivity contribution in [3.8, 4) is 0 Å². The monoisotopic (exact) mass is 398 g/mol. The van der Waals surface area contributed by atoms with Crippen LogP contribution >= 0.6 is 23.2 Å². The minimum absolute atomic E-state index is 0.526. The maximum absolute atomic E-state index is 6.49. The largest absolute Gasteiger partial charge is 0.323 e. The molecular weight excluding hydrogens is 383 g/mol. The molecule has 8 heteroatoms. The molecule has 136 valence electrons. The molecule has 2 aromatic heterocycles. The highest BCUT2D eigenvalue weighted by molar-refractivity contribution is 6.32. The number of hydrogen-bond donors (Lipinski definition) is 2. The molecule has 27 heavy (non-hydrogen) atoms. The number of anilines is 1. The Hall–Kier alpha value is -2.83. The number of halogens is 2. The Bertz CT molecular complexity index is 1080. The molecule has 0 saturated heterocycles. The molecule has 0 aliphatic rings. The summed E-state index contributed by atoms with van der Waals surface area (Å²) < 4.78 is 1.74. The number of aromatic amines is 1. The fourth-order valence-electron chi connectivity index (χ4n) is 2.75. The highest BCUT2D eigenvalue weighted by Gasteiger charge is 2.12. The SMILES string of the molecule is Cc1nn(Cc2ccc(Cl)cc2)c(Cl)c1/C=N\Nc1nc2ccccc2[nH]1. The van der Waals surface area contributed by atoms with E-state index in [1.807, 2.05) is 55.5 Å². The van der Waals surface area contributed by atoms with Crippen molar-refractivity contribution < 1.29 is 0 Å². The molecule has 0 amide bonds. The third-order valence-corrected chi connectivity index (χ3v) is 4.76. The summed E-state index contributed by atoms with van der Waals surface area (Å²) in [5.74, 6) is 0.565. The van der Waals surface area contributed by atoms with Crippen molar-refractivity contribution in [2.24, 2.45) is 5.10 Å². The highest BCUT2D eigenvalue weighted by Crippen LogP contribution is 2.20. The van der Waals surface area contributed by atoms with Gasteiger partial charge >= 0.3 is 0 Å². The van der Waals surface area contributed by atoms with E-state index in [0.29, 0.717) is 22.7 Å². The lowest BCUT2D eigenvalue weighted by Crippen LogP contribution is -2.02. The number of H-pyrrole nitrogens is 1. The second-order valence-corrected chi connectivity index (χ2v) is 6.84. The summed E-state index contributed by atoms with van der Waals surface area (Å²) in [6.07, 6.45) is 1.65. The molecule has 2 N–H and O–H groups in total. The van der Waals surface area contributed by atoms with Crippen LogP contribution in [0.2, 0.25) is 10.2 Å². The standard InChI is InChI=1S/C19H16Cl2N6/c1-12-15(10-22-25-19-23-16-4-2-3-5-17(16)24-19)18(21)27(26-12)11-13-6-8-14(20)9-7-13/h2-10H,11H2,1H3,(H2,23,24,25)/b22-10-. The number of hydrogen-bond acceptors (Lipinski definition) is 4. The van der Waals surface area contributed by atoms with Crippen molar-refractivity contribution in [1.29, 1.82) is 0 Å². The van der Waals surface area contributed by atoms with Gasteiger partial charge in [0.25, 0.3) is 0 Å². The van der Waals surface area contributed by atoms with E-state index in [0.717, 1.165) is 27.9 Å². The van der Waals surface area contributed by atoms with E-state index in [2.05, 4.69) is 25.6 Å². The van der Waals surface area contributed by atoms with Gasteiger partial charge in [0.05, 0.1) is 35.1 Å². The molecule has 4 rings (SSSR count). The number of nitrogens with one attached hydrogen (secondary N) is 2. The molecule has 0 radical (unpaired) electrons. The van der Waals surface area contributed by atoms with Crippen LogP contribution in [-0.2, 0) is 6.54 Å². The van der Waals surface area contributed by atoms with Crippen molar-refractivity contribution >= 4 is 46.4 Å². The molecule has 2 aromatic carbocycles. The van der Waals surface area contributed by atoms with E-state index in [4.69, 9.17) is 23.2 Å². The average molecular weight is 399 g/mol. The zero-order chi connectivity index (χ0) is 18.8. The van der Waals surface area contributed by atoms with Crippen molar-refractivity contribution in [1.82, 2.24) is 19.7 Å². The van der Waals surface area contributed by atoms with Crippen LogP contribution in [0.15, 0.2) is 53.6 Å². The quantitative estimate of drug-likeness (QED) is 0.372. The molecule has 0 atom stereocenters. The van der Waals surface area contributed by atoms with Crippen LogP contribution in [0.3, 0.4) is 0 Å². The number of benzene rings is 2. The number of aromatic nitrogens is 4. The lowest BCUT2D eigenvalue weighted by Gasteiger charge is -2.03. The number of rotatable bonds is 5. The van der Waals surface area contributed by atoms with Gasteiger partial charge in [-0.15, -0.1) is 0 Å². The lowest BCUT2D eigenvalue weighted by atomic mass is 10.2. The smallest absolute Gasteiger partial charge is 0.222 e. The minimum atomic E-state index is 0.526. The molecule has 0 unspecified atom stereocenters. The Morgan fingerprint density at radius 2 is 1.93 bits per heavy atom. The van der Waals surface area contributed by atoms with Gasteiger partial charge in [-0.2, -0.15) is 10.2 Å². The number of fused-ring (bicyclic) bond motifs is 1. The minimum Gasteiger partial charge on any atom is -0.323 e. The molecule has 0 fully saturated rings. The highest BCUT2D eigenvalue weighted by atomic mass is 35.5. The normalized spacial score (nSPS) is 11.5. The molecule has 0 saturated carbocycles. The predicted molar refractivity (Wildman–Crippen MR) is 110 cm³/mol. The first-order valence-electron chi connectivity index (χ1n) is 8.31. The van der Waals surface area contributed by atoms with E-state index < -0.39 is 0 Å². The van der Waals surface area contributed by atoms with Gasteiger partial charge in [0.2, 0.25) is 5.95 Å².